The van der Waals surface area contributed by atoms with Gasteiger partial charge in [0.1, 0.15) is 5.56 Å². The largest absolute Gasteiger partial charge is 0.361 e. The van der Waals surface area contributed by atoms with Crippen molar-refractivity contribution in [2.45, 2.75) is 84.9 Å². The molecule has 8 nitrogen and oxygen atoms in total. The van der Waals surface area contributed by atoms with E-state index in [-0.39, 0.29) is 21.9 Å². The normalized spacial score (nSPS) is 12.2. The molecule has 0 atom stereocenters. The Balaban J connectivity index is 2.84. The first-order valence-electron chi connectivity index (χ1n) is 11.6. The minimum atomic E-state index is -3.99. The van der Waals surface area contributed by atoms with Crippen molar-refractivity contribution in [2.24, 2.45) is 0 Å². The summed E-state index contributed by atoms with van der Waals surface area (Å²) >= 11 is 0. The maximum absolute atomic E-state index is 13.9. The molecule has 0 fully saturated rings. The van der Waals surface area contributed by atoms with E-state index in [2.05, 4.69) is 5.10 Å². The van der Waals surface area contributed by atoms with Gasteiger partial charge in [-0.2, -0.15) is 13.5 Å². The fourth-order valence-electron chi connectivity index (χ4n) is 3.66. The average molecular weight is 525 g/mol. The number of allylic oxidation sites excluding steroid dienone is 2. The van der Waals surface area contributed by atoms with E-state index in [0.29, 0.717) is 23.4 Å². The molecular formula is C25H36N2O6S2. The van der Waals surface area contributed by atoms with Crippen LogP contribution in [0.2, 0.25) is 0 Å². The summed E-state index contributed by atoms with van der Waals surface area (Å²) in [7, 11) is -7.56. The van der Waals surface area contributed by atoms with E-state index in [4.69, 9.17) is 4.18 Å². The third-order valence-electron chi connectivity index (χ3n) is 6.00. The van der Waals surface area contributed by atoms with Crippen molar-refractivity contribution >= 4 is 31.3 Å². The van der Waals surface area contributed by atoms with Crippen molar-refractivity contribution in [2.75, 3.05) is 6.26 Å². The summed E-state index contributed by atoms with van der Waals surface area (Å²) in [6.45, 7) is 14.3. The van der Waals surface area contributed by atoms with Crippen LogP contribution < -0.4 is 4.18 Å². The minimum Gasteiger partial charge on any atom is -0.361 e. The Morgan fingerprint density at radius 3 is 2.14 bits per heavy atom. The van der Waals surface area contributed by atoms with E-state index in [1.165, 1.54) is 30.7 Å². The van der Waals surface area contributed by atoms with Crippen LogP contribution in [0.5, 0.6) is 5.88 Å². The fraction of sp³-hybridized carbons (Fsp3) is 0.520. The van der Waals surface area contributed by atoms with Crippen LogP contribution in [0, 0.1) is 13.8 Å². The van der Waals surface area contributed by atoms with Crippen LogP contribution in [0.4, 0.5) is 0 Å². The van der Waals surface area contributed by atoms with Crippen LogP contribution in [0.15, 0.2) is 22.6 Å². The summed E-state index contributed by atoms with van der Waals surface area (Å²) in [4.78, 5) is 14.0. The van der Waals surface area contributed by atoms with Gasteiger partial charge in [-0.25, -0.2) is 13.1 Å². The van der Waals surface area contributed by atoms with Crippen molar-refractivity contribution in [1.82, 2.24) is 9.78 Å². The number of carbonyl (C=O) groups excluding carboxylic acids is 1. The van der Waals surface area contributed by atoms with Crippen molar-refractivity contribution in [3.8, 4) is 5.88 Å². The first-order chi connectivity index (χ1) is 16.0. The molecule has 2 aromatic rings. The molecule has 35 heavy (non-hydrogen) atoms. The molecule has 1 aromatic heterocycles. The van der Waals surface area contributed by atoms with Gasteiger partial charge in [-0.05, 0) is 83.7 Å². The SMILES string of the molecule is CCCCn1nc(C)c(C(=O)c2ccc(S(C)(=O)=O)c(C(C)=C(C)C)c2C)c1OS(=O)(=O)C(C)C. The van der Waals surface area contributed by atoms with E-state index in [1.54, 1.807) is 13.8 Å². The topological polar surface area (TPSA) is 112 Å². The van der Waals surface area contributed by atoms with E-state index in [0.717, 1.165) is 30.2 Å². The Kier molecular flexibility index (Phi) is 8.76. The number of nitrogens with zero attached hydrogens (tertiary/aromatic N) is 2. The number of hydrogen-bond donors (Lipinski definition) is 0. The Morgan fingerprint density at radius 2 is 1.66 bits per heavy atom. The zero-order chi connectivity index (χ0) is 26.9. The highest BCUT2D eigenvalue weighted by molar-refractivity contribution is 7.90. The number of unbranched alkanes of at least 4 members (excludes halogenated alkanes) is 1. The van der Waals surface area contributed by atoms with Gasteiger partial charge in [-0.15, -0.1) is 0 Å². The van der Waals surface area contributed by atoms with Crippen molar-refractivity contribution in [3.63, 3.8) is 0 Å². The number of aryl methyl sites for hydroxylation is 2. The third kappa shape index (κ3) is 6.03. The lowest BCUT2D eigenvalue weighted by molar-refractivity contribution is 0.103. The van der Waals surface area contributed by atoms with Gasteiger partial charge in [0.2, 0.25) is 11.7 Å². The molecule has 0 N–H and O–H groups in total. The molecule has 10 heteroatoms. The van der Waals surface area contributed by atoms with E-state index in [1.807, 2.05) is 27.7 Å². The first-order valence-corrected chi connectivity index (χ1v) is 14.9. The van der Waals surface area contributed by atoms with Crippen molar-refractivity contribution < 1.29 is 25.8 Å². The Morgan fingerprint density at radius 1 is 1.06 bits per heavy atom. The molecule has 2 rings (SSSR count). The zero-order valence-electron chi connectivity index (χ0n) is 22.0. The lowest BCUT2D eigenvalue weighted by atomic mass is 9.91. The Labute approximate surface area is 209 Å². The second kappa shape index (κ2) is 10.7. The Bertz CT molecular complexity index is 1380. The minimum absolute atomic E-state index is 0.0568. The van der Waals surface area contributed by atoms with Crippen molar-refractivity contribution in [1.29, 1.82) is 0 Å². The predicted molar refractivity (Wildman–Crippen MR) is 138 cm³/mol. The molecule has 0 aliphatic carbocycles. The summed E-state index contributed by atoms with van der Waals surface area (Å²) < 4.78 is 57.2. The smallest absolute Gasteiger partial charge is 0.313 e. The zero-order valence-corrected chi connectivity index (χ0v) is 23.6. The highest BCUT2D eigenvalue weighted by atomic mass is 32.2. The molecule has 0 saturated carbocycles. The maximum Gasteiger partial charge on any atom is 0.313 e. The molecule has 0 aliphatic heterocycles. The van der Waals surface area contributed by atoms with Crippen LogP contribution in [-0.4, -0.2) is 43.9 Å². The third-order valence-corrected chi connectivity index (χ3v) is 8.68. The number of ketones is 1. The standard InChI is InChI=1S/C25H36N2O6S2/c1-10-11-14-27-25(33-35(31,32)16(4)5)23(19(8)26-27)24(28)20-12-13-21(34(9,29)30)22(18(20)7)17(6)15(2)3/h12-13,16H,10-11,14H2,1-9H3. The molecule has 0 saturated heterocycles. The highest BCUT2D eigenvalue weighted by Gasteiger charge is 2.31. The number of hydrogen-bond acceptors (Lipinski definition) is 7. The van der Waals surface area contributed by atoms with Crippen LogP contribution in [0.25, 0.3) is 5.57 Å². The number of benzene rings is 1. The molecule has 0 spiro atoms. The number of carbonyl (C=O) groups is 1. The lowest BCUT2D eigenvalue weighted by Gasteiger charge is -2.17. The highest BCUT2D eigenvalue weighted by Crippen LogP contribution is 2.34. The molecule has 1 heterocycles. The number of sulfone groups is 1. The molecule has 0 bridgehead atoms. The van der Waals surface area contributed by atoms with Crippen molar-refractivity contribution in [3.05, 3.63) is 45.7 Å². The first kappa shape index (κ1) is 28.8. The second-order valence-corrected chi connectivity index (χ2v) is 13.4. The molecule has 1 aromatic carbocycles. The summed E-state index contributed by atoms with van der Waals surface area (Å²) in [5, 5.41) is 3.59. The molecule has 0 aliphatic rings. The molecule has 0 amide bonds. The van der Waals surface area contributed by atoms with E-state index < -0.39 is 31.0 Å². The maximum atomic E-state index is 13.9. The van der Waals surface area contributed by atoms with Gasteiger partial charge in [-0.1, -0.05) is 18.9 Å². The predicted octanol–water partition coefficient (Wildman–Crippen LogP) is 4.86. The van der Waals surface area contributed by atoms with Crippen LogP contribution in [-0.2, 0) is 26.5 Å². The number of aromatic nitrogens is 2. The Hall–Kier alpha value is -2.46. The lowest BCUT2D eigenvalue weighted by Crippen LogP contribution is -2.23. The summed E-state index contributed by atoms with van der Waals surface area (Å²) in [6, 6.07) is 2.90. The quantitative estimate of drug-likeness (QED) is 0.322. The summed E-state index contributed by atoms with van der Waals surface area (Å²) in [5.74, 6) is -0.582. The van der Waals surface area contributed by atoms with E-state index >= 15 is 0 Å². The van der Waals surface area contributed by atoms with Crippen LogP contribution >= 0.6 is 0 Å². The molecule has 194 valence electrons. The summed E-state index contributed by atoms with van der Waals surface area (Å²) in [5.41, 5.74) is 3.30. The molecule has 0 radical (unpaired) electrons. The van der Waals surface area contributed by atoms with Gasteiger partial charge in [0.15, 0.2) is 9.84 Å². The van der Waals surface area contributed by atoms with Gasteiger partial charge in [-0.3, -0.25) is 4.79 Å². The summed E-state index contributed by atoms with van der Waals surface area (Å²) in [6.07, 6.45) is 2.70. The van der Waals surface area contributed by atoms with E-state index in [9.17, 15) is 21.6 Å². The fourth-order valence-corrected chi connectivity index (χ4v) is 5.24. The average Bonchev–Trinajstić information content (AvgIpc) is 3.04. The number of rotatable bonds is 10. The van der Waals surface area contributed by atoms with Gasteiger partial charge in [0, 0.05) is 18.4 Å². The monoisotopic (exact) mass is 524 g/mol. The van der Waals surface area contributed by atoms with Crippen LogP contribution in [0.1, 0.15) is 87.1 Å². The second-order valence-electron chi connectivity index (χ2n) is 9.30. The molecule has 0 unspecified atom stereocenters. The van der Waals surface area contributed by atoms with Gasteiger partial charge < -0.3 is 4.18 Å². The van der Waals surface area contributed by atoms with Crippen LogP contribution in [0.3, 0.4) is 0 Å². The molecular weight excluding hydrogens is 488 g/mol. The van der Waals surface area contributed by atoms with Gasteiger partial charge in [0.25, 0.3) is 0 Å². The van der Waals surface area contributed by atoms with Gasteiger partial charge >= 0.3 is 10.1 Å². The van der Waals surface area contributed by atoms with Gasteiger partial charge in [0.05, 0.1) is 15.8 Å².